The zero-order valence-electron chi connectivity index (χ0n) is 12.1. The van der Waals surface area contributed by atoms with E-state index in [1.807, 2.05) is 6.07 Å². The van der Waals surface area contributed by atoms with Gasteiger partial charge in [-0.05, 0) is 23.7 Å². The Hall–Kier alpha value is -1.36. The average Bonchev–Trinajstić information content (AvgIpc) is 3.24. The molecule has 1 heterocycles. The number of nitrogen functional groups attached to an aromatic ring is 1. The number of hydrogen-bond donors (Lipinski definition) is 3. The van der Waals surface area contributed by atoms with Gasteiger partial charge < -0.3 is 10.7 Å². The Balaban J connectivity index is 1.83. The molecule has 2 aliphatic carbocycles. The first-order valence-corrected chi connectivity index (χ1v) is 6.98. The summed E-state index contributed by atoms with van der Waals surface area (Å²) in [5.74, 6) is 8.50. The van der Waals surface area contributed by atoms with Gasteiger partial charge in [0.2, 0.25) is 0 Å². The molecule has 19 heavy (non-hydrogen) atoms. The normalized spacial score (nSPS) is 24.1. The molecule has 0 atom stereocenters. The van der Waals surface area contributed by atoms with Gasteiger partial charge in [-0.1, -0.05) is 27.7 Å². The second kappa shape index (κ2) is 3.82. The highest BCUT2D eigenvalue weighted by Crippen LogP contribution is 2.63. The van der Waals surface area contributed by atoms with Gasteiger partial charge in [0.25, 0.3) is 0 Å². The zero-order chi connectivity index (χ0) is 13.8. The molecule has 104 valence electrons. The van der Waals surface area contributed by atoms with Gasteiger partial charge in [-0.25, -0.2) is 15.8 Å². The molecule has 2 saturated carbocycles. The summed E-state index contributed by atoms with van der Waals surface area (Å²) >= 11 is 0. The fraction of sp³-hybridized carbons (Fsp3) is 0.714. The molecule has 5 heteroatoms. The van der Waals surface area contributed by atoms with Gasteiger partial charge in [-0.2, -0.15) is 0 Å². The van der Waals surface area contributed by atoms with Crippen LogP contribution >= 0.6 is 0 Å². The molecule has 0 radical (unpaired) electrons. The largest absolute Gasteiger partial charge is 0.366 e. The van der Waals surface area contributed by atoms with Crippen molar-refractivity contribution < 1.29 is 0 Å². The Morgan fingerprint density at radius 3 is 2.16 bits per heavy atom. The lowest BCUT2D eigenvalue weighted by atomic mass is 10.0. The molecule has 1 aromatic rings. The van der Waals surface area contributed by atoms with Crippen LogP contribution < -0.4 is 16.6 Å². The number of anilines is 2. The summed E-state index contributed by atoms with van der Waals surface area (Å²) in [5, 5.41) is 3.55. The predicted molar refractivity (Wildman–Crippen MR) is 76.8 cm³/mol. The van der Waals surface area contributed by atoms with Crippen molar-refractivity contribution in [2.75, 3.05) is 10.7 Å². The molecule has 2 fully saturated rings. The molecule has 4 N–H and O–H groups in total. The molecule has 2 aliphatic rings. The number of nitrogens with one attached hydrogen (secondary N) is 2. The highest BCUT2D eigenvalue weighted by atomic mass is 15.3. The fourth-order valence-corrected chi connectivity index (χ4v) is 2.84. The molecule has 0 amide bonds. The highest BCUT2D eigenvalue weighted by Gasteiger charge is 2.65. The van der Waals surface area contributed by atoms with Crippen LogP contribution in [0.5, 0.6) is 0 Å². The maximum atomic E-state index is 5.49. The summed E-state index contributed by atoms with van der Waals surface area (Å²) in [6, 6.07) is 2.32. The van der Waals surface area contributed by atoms with Crippen LogP contribution in [0.25, 0.3) is 0 Å². The summed E-state index contributed by atoms with van der Waals surface area (Å²) < 4.78 is 0. The van der Waals surface area contributed by atoms with Gasteiger partial charge in [-0.3, -0.25) is 0 Å². The summed E-state index contributed by atoms with van der Waals surface area (Å²) in [6.07, 6.45) is 2.38. The first-order chi connectivity index (χ1) is 8.86. The van der Waals surface area contributed by atoms with Gasteiger partial charge in [0.15, 0.2) is 0 Å². The van der Waals surface area contributed by atoms with Crippen LogP contribution in [0.2, 0.25) is 0 Å². The van der Waals surface area contributed by atoms with Crippen LogP contribution in [0.15, 0.2) is 6.07 Å². The van der Waals surface area contributed by atoms with Gasteiger partial charge in [0.1, 0.15) is 17.5 Å². The average molecular weight is 261 g/mol. The van der Waals surface area contributed by atoms with Crippen LogP contribution in [-0.4, -0.2) is 16.0 Å². The van der Waals surface area contributed by atoms with Crippen molar-refractivity contribution in [3.63, 3.8) is 0 Å². The minimum atomic E-state index is 0.286. The monoisotopic (exact) mass is 261 g/mol. The van der Waals surface area contributed by atoms with E-state index >= 15 is 0 Å². The van der Waals surface area contributed by atoms with Gasteiger partial charge in [-0.15, -0.1) is 0 Å². The van der Waals surface area contributed by atoms with E-state index in [0.717, 1.165) is 11.6 Å². The minimum Gasteiger partial charge on any atom is -0.366 e. The zero-order valence-corrected chi connectivity index (χ0v) is 12.1. The number of nitrogens with zero attached hydrogens (tertiary/aromatic N) is 2. The van der Waals surface area contributed by atoms with E-state index in [4.69, 9.17) is 5.84 Å². The van der Waals surface area contributed by atoms with Crippen LogP contribution in [0.3, 0.4) is 0 Å². The molecule has 3 rings (SSSR count). The van der Waals surface area contributed by atoms with Crippen molar-refractivity contribution in [1.29, 1.82) is 0 Å². The second-order valence-corrected chi connectivity index (χ2v) is 6.94. The Morgan fingerprint density at radius 2 is 1.68 bits per heavy atom. The van der Waals surface area contributed by atoms with Crippen molar-refractivity contribution in [3.05, 3.63) is 11.9 Å². The van der Waals surface area contributed by atoms with E-state index < -0.39 is 0 Å². The molecule has 1 aromatic heterocycles. The summed E-state index contributed by atoms with van der Waals surface area (Å²) in [5.41, 5.74) is 3.21. The maximum absolute atomic E-state index is 5.49. The Kier molecular flexibility index (Phi) is 2.55. The van der Waals surface area contributed by atoms with Crippen LogP contribution in [0, 0.1) is 10.8 Å². The lowest BCUT2D eigenvalue weighted by Crippen LogP contribution is -2.15. The SMILES string of the molecule is CC1(C)C(Nc2cc(NN)nc(C3CC3)n2)C1(C)C. The molecule has 5 nitrogen and oxygen atoms in total. The van der Waals surface area contributed by atoms with Gasteiger partial charge in [0.05, 0.1) is 0 Å². The van der Waals surface area contributed by atoms with Crippen molar-refractivity contribution >= 4 is 11.6 Å². The number of hydrazine groups is 1. The lowest BCUT2D eigenvalue weighted by Gasteiger charge is -2.10. The van der Waals surface area contributed by atoms with E-state index in [1.165, 1.54) is 12.8 Å². The second-order valence-electron chi connectivity index (χ2n) is 6.94. The summed E-state index contributed by atoms with van der Waals surface area (Å²) in [7, 11) is 0. The Bertz CT molecular complexity index is 491. The van der Waals surface area contributed by atoms with Gasteiger partial charge >= 0.3 is 0 Å². The van der Waals surface area contributed by atoms with E-state index in [9.17, 15) is 0 Å². The van der Waals surface area contributed by atoms with Crippen molar-refractivity contribution in [2.24, 2.45) is 16.7 Å². The Labute approximate surface area is 114 Å². The molecule has 0 unspecified atom stereocenters. The predicted octanol–water partition coefficient (Wildman–Crippen LogP) is 2.49. The van der Waals surface area contributed by atoms with Gasteiger partial charge in [0, 0.05) is 18.0 Å². The molecule has 0 saturated heterocycles. The third-order valence-electron chi connectivity index (χ3n) is 5.15. The molecule has 0 aromatic carbocycles. The molecule has 0 bridgehead atoms. The number of hydrogen-bond acceptors (Lipinski definition) is 5. The molecule has 0 spiro atoms. The Morgan fingerprint density at radius 1 is 1.11 bits per heavy atom. The van der Waals surface area contributed by atoms with Crippen LogP contribution in [-0.2, 0) is 0 Å². The quantitative estimate of drug-likeness (QED) is 0.573. The third-order valence-corrected chi connectivity index (χ3v) is 5.15. The fourth-order valence-electron chi connectivity index (χ4n) is 2.84. The minimum absolute atomic E-state index is 0.286. The molecular weight excluding hydrogens is 238 g/mol. The number of aromatic nitrogens is 2. The van der Waals surface area contributed by atoms with Crippen LogP contribution in [0.4, 0.5) is 11.6 Å². The summed E-state index contributed by atoms with van der Waals surface area (Å²) in [6.45, 7) is 9.15. The maximum Gasteiger partial charge on any atom is 0.145 e. The highest BCUT2D eigenvalue weighted by molar-refractivity contribution is 5.50. The van der Waals surface area contributed by atoms with Crippen molar-refractivity contribution in [1.82, 2.24) is 9.97 Å². The third kappa shape index (κ3) is 1.96. The smallest absolute Gasteiger partial charge is 0.145 e. The van der Waals surface area contributed by atoms with E-state index in [0.29, 0.717) is 17.8 Å². The topological polar surface area (TPSA) is 75.9 Å². The standard InChI is InChI=1S/C14H23N5/c1-13(2)12(14(13,3)4)18-9-7-10(19-15)17-11(16-9)8-5-6-8/h7-8,12H,5-6,15H2,1-4H3,(H2,16,17,18,19). The van der Waals surface area contributed by atoms with E-state index in [2.05, 4.69) is 48.4 Å². The van der Waals surface area contributed by atoms with Crippen LogP contribution in [0.1, 0.15) is 52.3 Å². The molecular formula is C14H23N5. The first-order valence-electron chi connectivity index (χ1n) is 6.98. The number of rotatable bonds is 4. The first kappa shape index (κ1) is 12.7. The van der Waals surface area contributed by atoms with E-state index in [1.54, 1.807) is 0 Å². The van der Waals surface area contributed by atoms with E-state index in [-0.39, 0.29) is 10.8 Å². The molecule has 0 aliphatic heterocycles. The number of nitrogens with two attached hydrogens (primary N) is 1. The lowest BCUT2D eigenvalue weighted by molar-refractivity contribution is 0.457. The van der Waals surface area contributed by atoms with Crippen molar-refractivity contribution in [2.45, 2.75) is 52.5 Å². The summed E-state index contributed by atoms with van der Waals surface area (Å²) in [4.78, 5) is 9.06. The van der Waals surface area contributed by atoms with Crippen molar-refractivity contribution in [3.8, 4) is 0 Å².